The molecule has 1 saturated carbocycles. The molecule has 0 N–H and O–H groups in total. The minimum Gasteiger partial charge on any atom is -0.550 e. The molecule has 7 nitrogen and oxygen atoms in total. The molecule has 0 radical (unpaired) electrons. The van der Waals surface area contributed by atoms with Gasteiger partial charge in [-0.25, -0.2) is 4.79 Å². The second-order valence-electron chi connectivity index (χ2n) is 11.5. The Labute approximate surface area is 199 Å². The number of carbonyl (C=O) groups is 3. The van der Waals surface area contributed by atoms with Crippen LogP contribution in [0.2, 0.25) is 0 Å². The Kier molecular flexibility index (Phi) is 4.71. The molecule has 2 aliphatic heterocycles. The molecule has 8 atom stereocenters. The Bertz CT molecular complexity index is 1110. The van der Waals surface area contributed by atoms with Crippen molar-refractivity contribution in [1.82, 2.24) is 0 Å². The van der Waals surface area contributed by atoms with Crippen LogP contribution in [0.5, 0.6) is 0 Å². The number of esters is 1. The van der Waals surface area contributed by atoms with E-state index in [1.807, 2.05) is 13.0 Å². The van der Waals surface area contributed by atoms with Crippen molar-refractivity contribution in [1.29, 1.82) is 0 Å². The first kappa shape index (κ1) is 23.1. The lowest BCUT2D eigenvalue weighted by Gasteiger charge is -2.58. The fourth-order valence-corrected chi connectivity index (χ4v) is 7.79. The maximum atomic E-state index is 12.9. The second-order valence-corrected chi connectivity index (χ2v) is 11.5. The first-order chi connectivity index (χ1) is 15.8. The van der Waals surface area contributed by atoms with Crippen molar-refractivity contribution < 1.29 is 33.4 Å². The lowest BCUT2D eigenvalue weighted by molar-refractivity contribution is -0.315. The molecule has 34 heavy (non-hydrogen) atoms. The standard InChI is InChI=1S/C27H32O7/c1-14(22(29)30)19-24(3,4)18(28)8-10-25(19,5)17-7-11-26(6)20(16-9-12-32-13-16)33-23(31)21-27(26,34-21)15(17)2/h8-10,12-14,17,19-21H,2,7,11H2,1,3-6H3,(H,29,30)/p-1/t14?,17-,19-,20?,21+,25+,26-,27+/m0/s1. The van der Waals surface area contributed by atoms with E-state index in [1.165, 1.54) is 0 Å². The summed E-state index contributed by atoms with van der Waals surface area (Å²) in [4.78, 5) is 37.8. The van der Waals surface area contributed by atoms with Gasteiger partial charge in [-0.15, -0.1) is 0 Å². The fourth-order valence-electron chi connectivity index (χ4n) is 7.79. The van der Waals surface area contributed by atoms with Crippen molar-refractivity contribution in [2.45, 2.75) is 65.3 Å². The Morgan fingerprint density at radius 2 is 1.91 bits per heavy atom. The first-order valence-electron chi connectivity index (χ1n) is 11.9. The molecule has 1 aromatic heterocycles. The van der Waals surface area contributed by atoms with Crippen LogP contribution in [-0.2, 0) is 23.9 Å². The number of ketones is 1. The molecule has 0 bridgehead atoms. The molecule has 1 spiro atoms. The van der Waals surface area contributed by atoms with Crippen molar-refractivity contribution in [2.75, 3.05) is 0 Å². The van der Waals surface area contributed by atoms with Crippen LogP contribution in [0.25, 0.3) is 0 Å². The van der Waals surface area contributed by atoms with E-state index in [9.17, 15) is 19.5 Å². The highest BCUT2D eigenvalue weighted by atomic mass is 16.7. The van der Waals surface area contributed by atoms with Crippen molar-refractivity contribution in [2.24, 2.45) is 34.0 Å². The van der Waals surface area contributed by atoms with Crippen molar-refractivity contribution in [3.8, 4) is 0 Å². The molecule has 182 valence electrons. The van der Waals surface area contributed by atoms with Crippen LogP contribution in [0.15, 0.2) is 47.3 Å². The van der Waals surface area contributed by atoms with Gasteiger partial charge in [-0.2, -0.15) is 0 Å². The number of carboxylic acids is 1. The van der Waals surface area contributed by atoms with Crippen LogP contribution in [0.4, 0.5) is 0 Å². The highest BCUT2D eigenvalue weighted by Crippen LogP contribution is 2.72. The average molecular weight is 468 g/mol. The molecule has 4 aliphatic rings. The SMILES string of the molecule is C=C1[C@@H]([C@@]2(C)C=CC(=O)C(C)(C)[C@@H]2C(C)C(=O)[O-])CC[C@@]2(C)C(c3ccoc3)OC(=O)[C@H]3O[C@]132. The third kappa shape index (κ3) is 2.65. The zero-order chi connectivity index (χ0) is 24.8. The minimum atomic E-state index is -1.18. The Hall–Kier alpha value is -2.67. The third-order valence-corrected chi connectivity index (χ3v) is 9.49. The van der Waals surface area contributed by atoms with E-state index in [-0.39, 0.29) is 11.7 Å². The predicted molar refractivity (Wildman–Crippen MR) is 119 cm³/mol. The van der Waals surface area contributed by atoms with E-state index < -0.39 is 57.8 Å². The van der Waals surface area contributed by atoms with Gasteiger partial charge < -0.3 is 23.8 Å². The molecule has 3 fully saturated rings. The molecular formula is C27H31O7-. The summed E-state index contributed by atoms with van der Waals surface area (Å²) < 4.78 is 17.3. The lowest BCUT2D eigenvalue weighted by Crippen LogP contribution is -2.59. The van der Waals surface area contributed by atoms with Gasteiger partial charge in [-0.3, -0.25) is 4.79 Å². The summed E-state index contributed by atoms with van der Waals surface area (Å²) in [5.41, 5.74) is -1.54. The van der Waals surface area contributed by atoms with Gasteiger partial charge in [-0.1, -0.05) is 47.3 Å². The molecule has 2 unspecified atom stereocenters. The van der Waals surface area contributed by atoms with Gasteiger partial charge in [0.25, 0.3) is 0 Å². The second kappa shape index (κ2) is 6.94. The molecular weight excluding hydrogens is 436 g/mol. The maximum absolute atomic E-state index is 12.9. The Morgan fingerprint density at radius 1 is 1.21 bits per heavy atom. The Morgan fingerprint density at radius 3 is 2.53 bits per heavy atom. The highest BCUT2D eigenvalue weighted by molar-refractivity contribution is 5.96. The molecule has 5 rings (SSSR count). The van der Waals surface area contributed by atoms with Crippen molar-refractivity contribution >= 4 is 17.7 Å². The van der Waals surface area contributed by atoms with E-state index >= 15 is 0 Å². The van der Waals surface area contributed by atoms with E-state index in [4.69, 9.17) is 13.9 Å². The monoisotopic (exact) mass is 467 g/mol. The van der Waals surface area contributed by atoms with Crippen molar-refractivity contribution in [3.63, 3.8) is 0 Å². The van der Waals surface area contributed by atoms with Crippen LogP contribution >= 0.6 is 0 Å². The smallest absolute Gasteiger partial charge is 0.339 e. The largest absolute Gasteiger partial charge is 0.550 e. The Balaban J connectivity index is 1.59. The van der Waals surface area contributed by atoms with Crippen LogP contribution in [0.3, 0.4) is 0 Å². The predicted octanol–water partition coefficient (Wildman–Crippen LogP) is 3.16. The molecule has 0 aromatic carbocycles. The van der Waals surface area contributed by atoms with Crippen LogP contribution in [-0.4, -0.2) is 29.4 Å². The minimum absolute atomic E-state index is 0.102. The number of aliphatic carboxylic acids is 1. The van der Waals surface area contributed by atoms with Gasteiger partial charge in [-0.05, 0) is 47.8 Å². The number of carboxylic acid groups (broad SMARTS) is 1. The van der Waals surface area contributed by atoms with E-state index in [2.05, 4.69) is 13.5 Å². The zero-order valence-corrected chi connectivity index (χ0v) is 20.3. The van der Waals surface area contributed by atoms with Gasteiger partial charge >= 0.3 is 5.97 Å². The maximum Gasteiger partial charge on any atom is 0.339 e. The van der Waals surface area contributed by atoms with E-state index in [0.717, 1.165) is 11.1 Å². The van der Waals surface area contributed by atoms with Crippen LogP contribution in [0.1, 0.15) is 59.1 Å². The number of furan rings is 1. The highest BCUT2D eigenvalue weighted by Gasteiger charge is 2.80. The zero-order valence-electron chi connectivity index (χ0n) is 20.3. The number of allylic oxidation sites excluding steroid dienone is 2. The molecule has 2 saturated heterocycles. The molecule has 0 amide bonds. The fraction of sp³-hybridized carbons (Fsp3) is 0.593. The van der Waals surface area contributed by atoms with Crippen LogP contribution < -0.4 is 5.11 Å². The van der Waals surface area contributed by atoms with E-state index in [0.29, 0.717) is 12.8 Å². The van der Waals surface area contributed by atoms with E-state index in [1.54, 1.807) is 45.4 Å². The first-order valence-corrected chi connectivity index (χ1v) is 11.9. The summed E-state index contributed by atoms with van der Waals surface area (Å²) >= 11 is 0. The summed E-state index contributed by atoms with van der Waals surface area (Å²) in [6, 6.07) is 1.80. The average Bonchev–Trinajstić information content (AvgIpc) is 3.32. The number of hydrogen-bond acceptors (Lipinski definition) is 7. The molecule has 7 heteroatoms. The summed E-state index contributed by atoms with van der Waals surface area (Å²) in [6.07, 6.45) is 6.64. The molecule has 1 aromatic rings. The van der Waals surface area contributed by atoms with Crippen LogP contribution in [0, 0.1) is 34.0 Å². The topological polar surface area (TPSA) is 109 Å². The van der Waals surface area contributed by atoms with Gasteiger partial charge in [0.1, 0.15) is 11.7 Å². The molecule has 3 heterocycles. The summed E-state index contributed by atoms with van der Waals surface area (Å²) in [5.74, 6) is -3.30. The lowest BCUT2D eigenvalue weighted by atomic mass is 9.45. The van der Waals surface area contributed by atoms with Gasteiger partial charge in [0.15, 0.2) is 11.9 Å². The number of rotatable bonds is 4. The number of hydrogen-bond donors (Lipinski definition) is 0. The quantitative estimate of drug-likeness (QED) is 0.380. The summed E-state index contributed by atoms with van der Waals surface area (Å²) in [6.45, 7) is 13.8. The summed E-state index contributed by atoms with van der Waals surface area (Å²) in [7, 11) is 0. The van der Waals surface area contributed by atoms with Gasteiger partial charge in [0.05, 0.1) is 12.5 Å². The van der Waals surface area contributed by atoms with Gasteiger partial charge in [0.2, 0.25) is 0 Å². The number of epoxide rings is 1. The number of cyclic esters (lactones) is 1. The van der Waals surface area contributed by atoms with Crippen molar-refractivity contribution in [3.05, 3.63) is 48.5 Å². The van der Waals surface area contributed by atoms with Gasteiger partial charge in [0, 0.05) is 28.3 Å². The third-order valence-electron chi connectivity index (χ3n) is 9.49. The number of carbonyl (C=O) groups excluding carboxylic acids is 3. The normalized spacial score (nSPS) is 43.5. The summed E-state index contributed by atoms with van der Waals surface area (Å²) in [5, 5.41) is 12.0. The molecule has 2 aliphatic carbocycles. The number of ether oxygens (including phenoxy) is 2.